The molecule has 2 nitrogen and oxygen atoms in total. The molecular formula is C11H24N2. The molecule has 0 aromatic heterocycles. The van der Waals surface area contributed by atoms with Crippen LogP contribution in [0.5, 0.6) is 0 Å². The van der Waals surface area contributed by atoms with E-state index in [1.807, 2.05) is 0 Å². The molecule has 0 saturated carbocycles. The van der Waals surface area contributed by atoms with Gasteiger partial charge in [0.2, 0.25) is 0 Å². The maximum Gasteiger partial charge on any atom is -0.000778 e. The predicted octanol–water partition coefficient (Wildman–Crippen LogP) is 1.48. The van der Waals surface area contributed by atoms with Crippen molar-refractivity contribution in [2.24, 2.45) is 17.8 Å². The van der Waals surface area contributed by atoms with Gasteiger partial charge in [0.1, 0.15) is 0 Å². The van der Waals surface area contributed by atoms with Crippen molar-refractivity contribution < 1.29 is 0 Å². The molecule has 1 fully saturated rings. The Morgan fingerprint density at radius 3 is 2.46 bits per heavy atom. The molecule has 0 amide bonds. The summed E-state index contributed by atoms with van der Waals surface area (Å²) in [4.78, 5) is 0. The van der Waals surface area contributed by atoms with Crippen LogP contribution in [0.3, 0.4) is 0 Å². The molecule has 1 unspecified atom stereocenters. The fourth-order valence-corrected chi connectivity index (χ4v) is 1.42. The van der Waals surface area contributed by atoms with Crippen LogP contribution >= 0.6 is 0 Å². The van der Waals surface area contributed by atoms with Crippen molar-refractivity contribution in [2.45, 2.75) is 27.2 Å². The molecule has 2 heteroatoms. The zero-order valence-corrected chi connectivity index (χ0v) is 9.27. The minimum atomic E-state index is 0.804. The monoisotopic (exact) mass is 184 g/mol. The van der Waals surface area contributed by atoms with Gasteiger partial charge < -0.3 is 10.6 Å². The van der Waals surface area contributed by atoms with Gasteiger partial charge in [-0.1, -0.05) is 20.8 Å². The summed E-state index contributed by atoms with van der Waals surface area (Å²) in [6.45, 7) is 11.8. The van der Waals surface area contributed by atoms with Gasteiger partial charge in [0.05, 0.1) is 0 Å². The van der Waals surface area contributed by atoms with Crippen molar-refractivity contribution in [3.63, 3.8) is 0 Å². The number of hydrogen-bond donors (Lipinski definition) is 2. The van der Waals surface area contributed by atoms with E-state index in [2.05, 4.69) is 31.4 Å². The third-order valence-corrected chi connectivity index (χ3v) is 3.20. The van der Waals surface area contributed by atoms with Crippen LogP contribution in [0, 0.1) is 17.8 Å². The Morgan fingerprint density at radius 2 is 2.00 bits per heavy atom. The van der Waals surface area contributed by atoms with E-state index in [9.17, 15) is 0 Å². The van der Waals surface area contributed by atoms with Crippen LogP contribution in [0.4, 0.5) is 0 Å². The first-order valence-corrected chi connectivity index (χ1v) is 5.61. The Morgan fingerprint density at radius 1 is 1.31 bits per heavy atom. The molecule has 1 heterocycles. The summed E-state index contributed by atoms with van der Waals surface area (Å²) in [7, 11) is 0. The minimum absolute atomic E-state index is 0.804. The third kappa shape index (κ3) is 4.10. The molecule has 1 rings (SSSR count). The van der Waals surface area contributed by atoms with E-state index in [0.29, 0.717) is 0 Å². The summed E-state index contributed by atoms with van der Waals surface area (Å²) in [5.41, 5.74) is 0. The van der Waals surface area contributed by atoms with Crippen molar-refractivity contribution >= 4 is 0 Å². The first kappa shape index (κ1) is 11.0. The van der Waals surface area contributed by atoms with Gasteiger partial charge >= 0.3 is 0 Å². The minimum Gasteiger partial charge on any atom is -0.316 e. The summed E-state index contributed by atoms with van der Waals surface area (Å²) in [6, 6.07) is 0. The van der Waals surface area contributed by atoms with E-state index in [1.54, 1.807) is 0 Å². The summed E-state index contributed by atoms with van der Waals surface area (Å²) in [5.74, 6) is 2.55. The molecule has 0 radical (unpaired) electrons. The first-order valence-electron chi connectivity index (χ1n) is 5.61. The lowest BCUT2D eigenvalue weighted by atomic mass is 9.97. The van der Waals surface area contributed by atoms with Crippen molar-refractivity contribution in [2.75, 3.05) is 26.2 Å². The van der Waals surface area contributed by atoms with E-state index in [4.69, 9.17) is 0 Å². The Bertz CT molecular complexity index is 130. The van der Waals surface area contributed by atoms with Crippen molar-refractivity contribution in [1.29, 1.82) is 0 Å². The summed E-state index contributed by atoms with van der Waals surface area (Å²) in [5, 5.41) is 6.84. The number of rotatable bonds is 6. The second-order valence-corrected chi connectivity index (χ2v) is 4.74. The smallest absolute Gasteiger partial charge is 0.000778 e. The number of hydrogen-bond acceptors (Lipinski definition) is 2. The van der Waals surface area contributed by atoms with E-state index in [-0.39, 0.29) is 0 Å². The average Bonchev–Trinajstić information content (AvgIpc) is 2.00. The van der Waals surface area contributed by atoms with Gasteiger partial charge in [-0.25, -0.2) is 0 Å². The zero-order chi connectivity index (χ0) is 9.68. The Kier molecular flexibility index (Phi) is 4.74. The van der Waals surface area contributed by atoms with Gasteiger partial charge in [-0.2, -0.15) is 0 Å². The zero-order valence-electron chi connectivity index (χ0n) is 9.27. The molecule has 0 aromatic rings. The average molecular weight is 184 g/mol. The quantitative estimate of drug-likeness (QED) is 0.611. The Hall–Kier alpha value is -0.0800. The van der Waals surface area contributed by atoms with Crippen LogP contribution in [-0.2, 0) is 0 Å². The number of nitrogens with one attached hydrogen (secondary N) is 2. The molecule has 0 aromatic carbocycles. The summed E-state index contributed by atoms with van der Waals surface area (Å²) >= 11 is 0. The summed E-state index contributed by atoms with van der Waals surface area (Å²) < 4.78 is 0. The lowest BCUT2D eigenvalue weighted by molar-refractivity contribution is 0.313. The van der Waals surface area contributed by atoms with Gasteiger partial charge in [-0.15, -0.1) is 0 Å². The fourth-order valence-electron chi connectivity index (χ4n) is 1.42. The highest BCUT2D eigenvalue weighted by molar-refractivity contribution is 4.75. The largest absolute Gasteiger partial charge is 0.316 e. The van der Waals surface area contributed by atoms with Crippen LogP contribution in [0.15, 0.2) is 0 Å². The molecule has 1 saturated heterocycles. The molecule has 1 atom stereocenters. The molecule has 1 aliphatic rings. The SMILES string of the molecule is CC(C)C(C)CNCCC1CNC1. The maximum atomic E-state index is 3.54. The third-order valence-electron chi connectivity index (χ3n) is 3.20. The normalized spacial score (nSPS) is 20.3. The van der Waals surface area contributed by atoms with E-state index < -0.39 is 0 Å². The van der Waals surface area contributed by atoms with Crippen molar-refractivity contribution in [1.82, 2.24) is 10.6 Å². The van der Waals surface area contributed by atoms with E-state index >= 15 is 0 Å². The van der Waals surface area contributed by atoms with Gasteiger partial charge in [0.15, 0.2) is 0 Å². The molecule has 0 bridgehead atoms. The molecule has 0 aliphatic carbocycles. The Balaban J connectivity index is 1.88. The molecule has 78 valence electrons. The van der Waals surface area contributed by atoms with Gasteiger partial charge in [0.25, 0.3) is 0 Å². The van der Waals surface area contributed by atoms with Crippen LogP contribution in [-0.4, -0.2) is 26.2 Å². The second kappa shape index (κ2) is 5.61. The lowest BCUT2D eigenvalue weighted by Gasteiger charge is -2.27. The molecule has 13 heavy (non-hydrogen) atoms. The molecule has 0 spiro atoms. The molecular weight excluding hydrogens is 160 g/mol. The fraction of sp³-hybridized carbons (Fsp3) is 1.00. The highest BCUT2D eigenvalue weighted by atomic mass is 15.0. The van der Waals surface area contributed by atoms with Gasteiger partial charge in [-0.05, 0) is 50.4 Å². The van der Waals surface area contributed by atoms with Crippen LogP contribution in [0.1, 0.15) is 27.2 Å². The standard InChI is InChI=1S/C11H24N2/c1-9(2)10(3)6-12-5-4-11-7-13-8-11/h9-13H,4-8H2,1-3H3. The van der Waals surface area contributed by atoms with Gasteiger partial charge in [-0.3, -0.25) is 0 Å². The van der Waals surface area contributed by atoms with E-state index in [0.717, 1.165) is 17.8 Å². The predicted molar refractivity (Wildman–Crippen MR) is 57.8 cm³/mol. The highest BCUT2D eigenvalue weighted by Gasteiger charge is 2.15. The van der Waals surface area contributed by atoms with Crippen molar-refractivity contribution in [3.8, 4) is 0 Å². The van der Waals surface area contributed by atoms with Gasteiger partial charge in [0, 0.05) is 0 Å². The highest BCUT2D eigenvalue weighted by Crippen LogP contribution is 2.09. The first-order chi connectivity index (χ1) is 6.20. The van der Waals surface area contributed by atoms with E-state index in [1.165, 1.54) is 32.6 Å². The molecule has 1 aliphatic heterocycles. The topological polar surface area (TPSA) is 24.1 Å². The Labute approximate surface area is 82.5 Å². The second-order valence-electron chi connectivity index (χ2n) is 4.74. The molecule has 2 N–H and O–H groups in total. The maximum absolute atomic E-state index is 3.54. The van der Waals surface area contributed by atoms with Crippen molar-refractivity contribution in [3.05, 3.63) is 0 Å². The van der Waals surface area contributed by atoms with Crippen LogP contribution in [0.2, 0.25) is 0 Å². The van der Waals surface area contributed by atoms with Crippen LogP contribution in [0.25, 0.3) is 0 Å². The summed E-state index contributed by atoms with van der Waals surface area (Å²) in [6.07, 6.45) is 1.35. The van der Waals surface area contributed by atoms with Crippen LogP contribution < -0.4 is 10.6 Å². The lowest BCUT2D eigenvalue weighted by Crippen LogP contribution is -2.43.